The zero-order chi connectivity index (χ0) is 24.8. The van der Waals surface area contributed by atoms with Crippen LogP contribution in [0.3, 0.4) is 0 Å². The molecule has 0 amide bonds. The number of nitrogens with zero attached hydrogens (tertiary/aromatic N) is 3. The number of pyridine rings is 1. The summed E-state index contributed by atoms with van der Waals surface area (Å²) in [5.41, 5.74) is 3.54. The van der Waals surface area contributed by atoms with Gasteiger partial charge in [-0.3, -0.25) is 4.98 Å². The van der Waals surface area contributed by atoms with Gasteiger partial charge in [-0.1, -0.05) is 31.2 Å². The van der Waals surface area contributed by atoms with Crippen LogP contribution in [-0.2, 0) is 30.7 Å². The van der Waals surface area contributed by atoms with Crippen LogP contribution in [0.5, 0.6) is 11.8 Å². The van der Waals surface area contributed by atoms with Crippen molar-refractivity contribution in [2.75, 3.05) is 14.2 Å². The third-order valence-corrected chi connectivity index (χ3v) is 6.48. The van der Waals surface area contributed by atoms with E-state index in [2.05, 4.69) is 11.9 Å². The highest BCUT2D eigenvalue weighted by atomic mass is 16.5. The number of aromatic hydroxyl groups is 1. The third-order valence-electron chi connectivity index (χ3n) is 6.48. The summed E-state index contributed by atoms with van der Waals surface area (Å²) in [6.45, 7) is 2.85. The van der Waals surface area contributed by atoms with E-state index in [1.54, 1.807) is 26.5 Å². The lowest BCUT2D eigenvalue weighted by atomic mass is 9.92. The van der Waals surface area contributed by atoms with Crippen LogP contribution in [0.15, 0.2) is 83.0 Å². The average Bonchev–Trinajstić information content (AvgIpc) is 2.89. The molecule has 7 heteroatoms. The van der Waals surface area contributed by atoms with Gasteiger partial charge < -0.3 is 14.6 Å². The first-order valence-electron chi connectivity index (χ1n) is 11.8. The lowest BCUT2D eigenvalue weighted by molar-refractivity contribution is -0.706. The Hall–Kier alpha value is -3.87. The van der Waals surface area contributed by atoms with Gasteiger partial charge in [0.15, 0.2) is 0 Å². The van der Waals surface area contributed by atoms with Gasteiger partial charge in [-0.25, -0.2) is 4.79 Å². The van der Waals surface area contributed by atoms with Gasteiger partial charge in [-0.2, -0.15) is 9.13 Å². The first kappa shape index (κ1) is 24.3. The van der Waals surface area contributed by atoms with Crippen molar-refractivity contribution in [1.82, 2.24) is 9.55 Å². The molecule has 1 aliphatic rings. The molecule has 1 unspecified atom stereocenters. The van der Waals surface area contributed by atoms with E-state index in [-0.39, 0.29) is 17.5 Å². The van der Waals surface area contributed by atoms with Crippen molar-refractivity contribution in [3.05, 3.63) is 106 Å². The molecule has 35 heavy (non-hydrogen) atoms. The van der Waals surface area contributed by atoms with Gasteiger partial charge in [-0.15, -0.1) is 0 Å². The SMILES string of the molecule is COC1=CC=C(Cn2c(O)[n+](Cc3ccc(OC)cc3)c(CCc3ccccn3)cc2=O)C(C)C1. The fourth-order valence-electron chi connectivity index (χ4n) is 4.32. The average molecular weight is 475 g/mol. The molecule has 2 aromatic heterocycles. The minimum absolute atomic E-state index is 0.0565. The molecular formula is C28H32N3O4+. The monoisotopic (exact) mass is 474 g/mol. The van der Waals surface area contributed by atoms with E-state index in [9.17, 15) is 9.90 Å². The molecule has 1 N–H and O–H groups in total. The van der Waals surface area contributed by atoms with Gasteiger partial charge in [-0.05, 0) is 53.8 Å². The summed E-state index contributed by atoms with van der Waals surface area (Å²) >= 11 is 0. The molecule has 1 aliphatic carbocycles. The molecule has 0 spiro atoms. The lowest BCUT2D eigenvalue weighted by Crippen LogP contribution is -2.45. The number of aryl methyl sites for hydroxylation is 2. The summed E-state index contributed by atoms with van der Waals surface area (Å²) in [5, 5.41) is 11.3. The Bertz CT molecular complexity index is 1280. The van der Waals surface area contributed by atoms with Gasteiger partial charge in [0, 0.05) is 24.7 Å². The number of aromatic nitrogens is 3. The Morgan fingerprint density at radius 2 is 1.89 bits per heavy atom. The lowest BCUT2D eigenvalue weighted by Gasteiger charge is -2.20. The van der Waals surface area contributed by atoms with E-state index in [0.29, 0.717) is 25.9 Å². The van der Waals surface area contributed by atoms with Gasteiger partial charge in [0.2, 0.25) is 0 Å². The van der Waals surface area contributed by atoms with Crippen LogP contribution in [0.2, 0.25) is 0 Å². The van der Waals surface area contributed by atoms with Crippen molar-refractivity contribution in [2.45, 2.75) is 39.3 Å². The van der Waals surface area contributed by atoms with Crippen LogP contribution in [0.1, 0.15) is 30.3 Å². The van der Waals surface area contributed by atoms with Gasteiger partial charge in [0.05, 0.1) is 26.0 Å². The van der Waals surface area contributed by atoms with Crippen molar-refractivity contribution < 1.29 is 19.1 Å². The maximum Gasteiger partial charge on any atom is 0.457 e. The second kappa shape index (κ2) is 11.0. The van der Waals surface area contributed by atoms with Crippen LogP contribution in [0, 0.1) is 5.92 Å². The molecular weight excluding hydrogens is 442 g/mol. The maximum absolute atomic E-state index is 13.2. The highest BCUT2D eigenvalue weighted by Gasteiger charge is 2.26. The minimum Gasteiger partial charge on any atom is -0.501 e. The Balaban J connectivity index is 1.69. The van der Waals surface area contributed by atoms with Gasteiger partial charge in [0.25, 0.3) is 0 Å². The van der Waals surface area contributed by atoms with E-state index in [1.807, 2.05) is 59.2 Å². The molecule has 182 valence electrons. The third kappa shape index (κ3) is 5.80. The van der Waals surface area contributed by atoms with E-state index < -0.39 is 0 Å². The van der Waals surface area contributed by atoms with E-state index in [1.165, 1.54) is 4.57 Å². The van der Waals surface area contributed by atoms with E-state index >= 15 is 0 Å². The standard InChI is InChI=1S/C28H31N3O4/c1-20-16-26(35-3)14-9-22(20)19-31-27(32)17-24(11-10-23-6-4-5-15-29-23)30(28(31)33)18-21-7-12-25(34-2)13-8-21/h4-9,12-15,17,20H,10-11,16,18-19H2,1-3H3/p+1. The maximum atomic E-state index is 13.2. The van der Waals surface area contributed by atoms with E-state index in [0.717, 1.165) is 40.5 Å². The van der Waals surface area contributed by atoms with Crippen molar-refractivity contribution in [2.24, 2.45) is 5.92 Å². The first-order valence-corrected chi connectivity index (χ1v) is 11.8. The molecule has 1 aromatic carbocycles. The highest BCUT2D eigenvalue weighted by molar-refractivity contribution is 5.27. The predicted octanol–water partition coefficient (Wildman–Crippen LogP) is 3.58. The molecule has 0 saturated carbocycles. The number of hydrogen-bond donors (Lipinski definition) is 1. The van der Waals surface area contributed by atoms with Crippen molar-refractivity contribution in [3.8, 4) is 11.8 Å². The molecule has 7 nitrogen and oxygen atoms in total. The molecule has 3 aromatic rings. The molecule has 1 atom stereocenters. The van der Waals surface area contributed by atoms with Gasteiger partial charge in [0.1, 0.15) is 24.5 Å². The fraction of sp³-hybridized carbons (Fsp3) is 0.321. The van der Waals surface area contributed by atoms with Crippen LogP contribution in [0.4, 0.5) is 0 Å². The van der Waals surface area contributed by atoms with E-state index in [4.69, 9.17) is 9.47 Å². The molecule has 0 bridgehead atoms. The van der Waals surface area contributed by atoms with Crippen molar-refractivity contribution >= 4 is 0 Å². The Morgan fingerprint density at radius 1 is 1.09 bits per heavy atom. The van der Waals surface area contributed by atoms with Crippen molar-refractivity contribution in [1.29, 1.82) is 0 Å². The van der Waals surface area contributed by atoms with Crippen LogP contribution >= 0.6 is 0 Å². The number of benzene rings is 1. The normalized spacial score (nSPS) is 15.3. The second-order valence-corrected chi connectivity index (χ2v) is 8.80. The number of ether oxygens (including phenoxy) is 2. The molecule has 0 fully saturated rings. The fourth-order valence-corrected chi connectivity index (χ4v) is 4.32. The highest BCUT2D eigenvalue weighted by Crippen LogP contribution is 2.26. The van der Waals surface area contributed by atoms with Gasteiger partial charge >= 0.3 is 11.6 Å². The summed E-state index contributed by atoms with van der Waals surface area (Å²) in [5.74, 6) is 1.89. The molecule has 0 saturated heterocycles. The molecule has 0 aliphatic heterocycles. The zero-order valence-electron chi connectivity index (χ0n) is 20.5. The van der Waals surface area contributed by atoms with Crippen LogP contribution in [0.25, 0.3) is 0 Å². The molecule has 4 rings (SSSR count). The smallest absolute Gasteiger partial charge is 0.457 e. The second-order valence-electron chi connectivity index (χ2n) is 8.80. The zero-order valence-corrected chi connectivity index (χ0v) is 20.5. The Morgan fingerprint density at radius 3 is 2.54 bits per heavy atom. The van der Waals surface area contributed by atoms with Crippen LogP contribution in [-0.4, -0.2) is 28.9 Å². The first-order chi connectivity index (χ1) is 17.0. The Labute approximate surface area is 205 Å². The summed E-state index contributed by atoms with van der Waals surface area (Å²) in [6, 6.07) is 15.1. The minimum atomic E-state index is -0.223. The summed E-state index contributed by atoms with van der Waals surface area (Å²) in [7, 11) is 3.30. The Kier molecular flexibility index (Phi) is 7.65. The number of methoxy groups -OCH3 is 2. The number of allylic oxidation sites excluding steroid dienone is 4. The predicted molar refractivity (Wildman–Crippen MR) is 133 cm³/mol. The summed E-state index contributed by atoms with van der Waals surface area (Å²) < 4.78 is 13.9. The quantitative estimate of drug-likeness (QED) is 0.480. The van der Waals surface area contributed by atoms with Crippen molar-refractivity contribution in [3.63, 3.8) is 0 Å². The molecule has 0 radical (unpaired) electrons. The summed E-state index contributed by atoms with van der Waals surface area (Å²) in [6.07, 6.45) is 7.70. The topological polar surface area (TPSA) is 77.5 Å². The number of hydrogen-bond acceptors (Lipinski definition) is 5. The molecule has 2 heterocycles. The van der Waals surface area contributed by atoms with Crippen LogP contribution < -0.4 is 14.9 Å². The largest absolute Gasteiger partial charge is 0.501 e. The summed E-state index contributed by atoms with van der Waals surface area (Å²) in [4.78, 5) is 17.5. The number of rotatable bonds is 9.